The van der Waals surface area contributed by atoms with Crippen LogP contribution in [0.3, 0.4) is 0 Å². The summed E-state index contributed by atoms with van der Waals surface area (Å²) in [6.45, 7) is 19.2. The van der Waals surface area contributed by atoms with E-state index in [-0.39, 0.29) is 34.0 Å². The predicted octanol–water partition coefficient (Wildman–Crippen LogP) is 2.98. The first-order chi connectivity index (χ1) is 44.2. The van der Waals surface area contributed by atoms with Crippen molar-refractivity contribution in [1.82, 2.24) is 72.4 Å². The van der Waals surface area contributed by atoms with Crippen LogP contribution in [0.1, 0.15) is 66.3 Å². The molecule has 0 saturated carbocycles. The summed E-state index contributed by atoms with van der Waals surface area (Å²) >= 11 is 0. The molecule has 10 aromatic rings. The number of esters is 1. The molecule has 0 spiro atoms. The van der Waals surface area contributed by atoms with E-state index in [2.05, 4.69) is 105 Å². The third-order valence-corrected chi connectivity index (χ3v) is 17.6. The molecule has 3 fully saturated rings. The molecular weight excluding hydrogens is 1170 g/mol. The number of ether oxygens (including phenoxy) is 1. The molecule has 0 bridgehead atoms. The van der Waals surface area contributed by atoms with Crippen LogP contribution in [0.25, 0.3) is 44.6 Å². The molecule has 0 aliphatic carbocycles. The van der Waals surface area contributed by atoms with Crippen LogP contribution in [0.15, 0.2) is 132 Å². The molecule has 3 aliphatic heterocycles. The Bertz CT molecular complexity index is 4730. The number of aryl methyl sites for hydroxylation is 3. The van der Waals surface area contributed by atoms with E-state index >= 15 is 0 Å². The van der Waals surface area contributed by atoms with Gasteiger partial charge >= 0.3 is 23.0 Å². The van der Waals surface area contributed by atoms with Crippen LogP contribution in [0.2, 0.25) is 0 Å². The summed E-state index contributed by atoms with van der Waals surface area (Å²) in [4.78, 5) is 111. The number of H-pyrrole nitrogens is 1. The maximum atomic E-state index is 13.2. The minimum Gasteiger partial charge on any atom is -0.465 e. The zero-order valence-electron chi connectivity index (χ0n) is 53.8. The van der Waals surface area contributed by atoms with Gasteiger partial charge < -0.3 is 35.4 Å². The van der Waals surface area contributed by atoms with E-state index in [0.717, 1.165) is 127 Å². The Morgan fingerprint density at radius 2 is 0.989 bits per heavy atom. The second-order valence-electron chi connectivity index (χ2n) is 24.5. The third-order valence-electron chi connectivity index (χ3n) is 17.6. The average Bonchev–Trinajstić information content (AvgIpc) is 1.60. The minimum atomic E-state index is -0.501. The van der Waals surface area contributed by atoms with E-state index in [0.29, 0.717) is 58.1 Å². The average molecular weight is 1250 g/mol. The van der Waals surface area contributed by atoms with Crippen LogP contribution in [-0.4, -0.2) is 148 Å². The van der Waals surface area contributed by atoms with Gasteiger partial charge in [-0.1, -0.05) is 112 Å². The molecule has 0 radical (unpaired) electrons. The van der Waals surface area contributed by atoms with Crippen LogP contribution in [0.4, 0.5) is 17.8 Å². The van der Waals surface area contributed by atoms with Crippen molar-refractivity contribution < 1.29 is 9.53 Å². The first kappa shape index (κ1) is 63.6. The highest BCUT2D eigenvalue weighted by Crippen LogP contribution is 2.31. The van der Waals surface area contributed by atoms with E-state index in [1.807, 2.05) is 63.1 Å². The quantitative estimate of drug-likeness (QED) is 0.136. The van der Waals surface area contributed by atoms with E-state index in [4.69, 9.17) is 19.7 Å². The predicted molar refractivity (Wildman–Crippen MR) is 358 cm³/mol. The molecule has 9 heterocycles. The lowest BCUT2D eigenvalue weighted by molar-refractivity contribution is 0.0600. The molecule has 13 rings (SSSR count). The number of imidazole rings is 3. The van der Waals surface area contributed by atoms with Crippen molar-refractivity contribution in [3.63, 3.8) is 0 Å². The fraction of sp³-hybridized carbons (Fsp3) is 0.394. The number of rotatable bonds is 11. The van der Waals surface area contributed by atoms with Crippen LogP contribution in [0, 0.1) is 0 Å². The van der Waals surface area contributed by atoms with Gasteiger partial charge in [0.05, 0.1) is 31.8 Å². The van der Waals surface area contributed by atoms with Gasteiger partial charge in [-0.05, 0) is 57.9 Å². The second kappa shape index (κ2) is 26.5. The van der Waals surface area contributed by atoms with Gasteiger partial charge in [0.15, 0.2) is 33.5 Å². The lowest BCUT2D eigenvalue weighted by atomic mass is 9.87. The number of hydrogen-bond donors (Lipinski definition) is 4. The minimum absolute atomic E-state index is 0.0837. The van der Waals surface area contributed by atoms with Gasteiger partial charge in [0.25, 0.3) is 16.7 Å². The summed E-state index contributed by atoms with van der Waals surface area (Å²) in [7, 11) is 9.30. The molecule has 26 heteroatoms. The Kier molecular flexibility index (Phi) is 18.3. The standard InChI is InChI=1S/C24H26N6O2.C22H30N6O2.C20H24N6O4/c1-27-21-20(22(31)28(2)24(27)32)30(23(26-21)29-14-12-25-13-15-29)16-18-10-6-7-11-19(18)17-8-4-3-5-9-17;1-22(2,3)16-8-6-15(7-9-16)14-28-17-18(25(4)21(30)26(5)19(17)29)24-20(28)27-12-10-23-11-13-27;1-12(13-4-6-14(7-5-13)18(28)30-3)26-15-16(24(2)20(29)23-17(15)27)22-19(26)25-10-8-21-9-11-25/h3-11,25H,12-16H2,1-2H3;6-9,23H,10-14H2,1-5H3;4-7,12,21H,8-11H2,1-3H3,(H,23,27,29). The van der Waals surface area contributed by atoms with Crippen molar-refractivity contribution in [3.8, 4) is 11.1 Å². The molecule has 6 aromatic heterocycles. The number of anilines is 3. The van der Waals surface area contributed by atoms with E-state index in [1.165, 1.54) is 40.5 Å². The largest absolute Gasteiger partial charge is 0.465 e. The molecule has 3 aliphatic rings. The van der Waals surface area contributed by atoms with Crippen molar-refractivity contribution in [3.05, 3.63) is 193 Å². The molecule has 482 valence electrons. The topological polar surface area (TPSA) is 268 Å². The first-order valence-electron chi connectivity index (χ1n) is 31.0. The Morgan fingerprint density at radius 1 is 0.533 bits per heavy atom. The van der Waals surface area contributed by atoms with Crippen LogP contribution < -0.4 is 64.4 Å². The molecule has 26 nitrogen and oxygen atoms in total. The molecular formula is C66H80N18O8. The SMILES string of the molecule is COC(=O)c1ccc(C(C)n2c(N3CCNCC3)nc3c2c(=O)[nH]c(=O)n3C)cc1.Cn1c(=O)c2c(nc(N3CCNCC3)n2Cc2ccc(C(C)(C)C)cc2)n(C)c1=O.Cn1c(=O)c2c(nc(N3CCNCC3)n2Cc2ccccc2-c2ccccc2)n(C)c1=O. The smallest absolute Gasteiger partial charge is 0.337 e. The monoisotopic (exact) mass is 1250 g/mol. The Morgan fingerprint density at radius 3 is 1.49 bits per heavy atom. The number of fused-ring (bicyclic) bond motifs is 3. The van der Waals surface area contributed by atoms with Gasteiger partial charge in [0.1, 0.15) is 0 Å². The van der Waals surface area contributed by atoms with Crippen molar-refractivity contribution >= 4 is 57.3 Å². The van der Waals surface area contributed by atoms with Gasteiger partial charge in [0, 0.05) is 114 Å². The number of piperazine rings is 3. The van der Waals surface area contributed by atoms with E-state index < -0.39 is 17.2 Å². The highest BCUT2D eigenvalue weighted by molar-refractivity contribution is 5.89. The van der Waals surface area contributed by atoms with Crippen molar-refractivity contribution in [2.75, 3.05) is 100 Å². The maximum absolute atomic E-state index is 13.2. The summed E-state index contributed by atoms with van der Waals surface area (Å²) in [6.07, 6.45) is 0. The third kappa shape index (κ3) is 12.4. The van der Waals surface area contributed by atoms with Crippen molar-refractivity contribution in [2.45, 2.75) is 52.2 Å². The number of nitrogens with one attached hydrogen (secondary N) is 4. The number of hydrogen-bond acceptors (Lipinski definition) is 17. The number of carbonyl (C=O) groups excluding carboxylic acids is 1. The van der Waals surface area contributed by atoms with Gasteiger partial charge in [-0.2, -0.15) is 15.0 Å². The summed E-state index contributed by atoms with van der Waals surface area (Å²) in [5.41, 5.74) is 7.22. The van der Waals surface area contributed by atoms with Crippen LogP contribution >= 0.6 is 0 Å². The second-order valence-corrected chi connectivity index (χ2v) is 24.5. The lowest BCUT2D eigenvalue weighted by Crippen LogP contribution is -2.44. The fourth-order valence-corrected chi connectivity index (χ4v) is 12.2. The first-order valence-corrected chi connectivity index (χ1v) is 31.0. The lowest BCUT2D eigenvalue weighted by Gasteiger charge is -2.30. The highest BCUT2D eigenvalue weighted by atomic mass is 16.5. The fourth-order valence-electron chi connectivity index (χ4n) is 12.2. The van der Waals surface area contributed by atoms with Gasteiger partial charge in [-0.15, -0.1) is 0 Å². The van der Waals surface area contributed by atoms with Gasteiger partial charge in [-0.25, -0.2) is 19.2 Å². The van der Waals surface area contributed by atoms with Crippen molar-refractivity contribution in [1.29, 1.82) is 0 Å². The Hall–Kier alpha value is -9.92. The Labute approximate surface area is 529 Å². The molecule has 4 N–H and O–H groups in total. The van der Waals surface area contributed by atoms with Gasteiger partial charge in [-0.3, -0.25) is 55.9 Å². The Balaban J connectivity index is 0.000000141. The number of carbonyl (C=O) groups is 1. The summed E-state index contributed by atoms with van der Waals surface area (Å²) in [5, 5.41) is 10.0. The number of methoxy groups -OCH3 is 1. The summed E-state index contributed by atoms with van der Waals surface area (Å²) in [5.74, 6) is 1.70. The summed E-state index contributed by atoms with van der Waals surface area (Å²) < 4.78 is 17.2. The van der Waals surface area contributed by atoms with Gasteiger partial charge in [0.2, 0.25) is 17.8 Å². The number of aromatic amines is 1. The molecule has 0 amide bonds. The highest BCUT2D eigenvalue weighted by Gasteiger charge is 2.29. The molecule has 1 atom stereocenters. The number of nitrogens with zero attached hydrogens (tertiary/aromatic N) is 14. The summed E-state index contributed by atoms with van der Waals surface area (Å²) in [6, 6.07) is 33.8. The zero-order valence-corrected chi connectivity index (χ0v) is 53.8. The molecule has 92 heavy (non-hydrogen) atoms. The van der Waals surface area contributed by atoms with E-state index in [1.54, 1.807) is 33.3 Å². The normalized spacial score (nSPS) is 14.9. The maximum Gasteiger partial charge on any atom is 0.337 e. The molecule has 3 saturated heterocycles. The zero-order chi connectivity index (χ0) is 65.3. The molecule has 4 aromatic carbocycles. The van der Waals surface area contributed by atoms with E-state index in [9.17, 15) is 33.6 Å². The van der Waals surface area contributed by atoms with Crippen molar-refractivity contribution in [2.24, 2.45) is 35.2 Å². The number of aromatic nitrogens is 12. The van der Waals surface area contributed by atoms with Crippen LogP contribution in [0.5, 0.6) is 0 Å². The number of benzene rings is 4. The van der Waals surface area contributed by atoms with Crippen LogP contribution in [-0.2, 0) is 58.5 Å². The molecule has 1 unspecified atom stereocenters.